The van der Waals surface area contributed by atoms with Gasteiger partial charge >= 0.3 is 0 Å². The second kappa shape index (κ2) is 7.17. The fourth-order valence-electron chi connectivity index (χ4n) is 2.78. The SMILES string of the molecule is CCN(CC)S(=O)(=O)c1c(C)nn(Cc2csc(C(C)(C)C)n2)c1C. The van der Waals surface area contributed by atoms with Crippen molar-refractivity contribution in [2.45, 2.75) is 65.3 Å². The average molecular weight is 385 g/mol. The third kappa shape index (κ3) is 3.96. The molecule has 6 nitrogen and oxygen atoms in total. The fraction of sp³-hybridized carbons (Fsp3) is 0.647. The second-order valence-corrected chi connectivity index (χ2v) is 9.87. The Morgan fingerprint density at radius 1 is 1.20 bits per heavy atom. The molecule has 0 amide bonds. The zero-order valence-electron chi connectivity index (χ0n) is 16.1. The molecule has 0 spiro atoms. The fourth-order valence-corrected chi connectivity index (χ4v) is 5.51. The Bertz CT molecular complexity index is 841. The molecule has 2 aromatic rings. The van der Waals surface area contributed by atoms with Crippen molar-refractivity contribution in [3.8, 4) is 0 Å². The van der Waals surface area contributed by atoms with Gasteiger partial charge in [0.05, 0.1) is 28.6 Å². The Balaban J connectivity index is 2.39. The minimum Gasteiger partial charge on any atom is -0.262 e. The highest BCUT2D eigenvalue weighted by molar-refractivity contribution is 7.89. The van der Waals surface area contributed by atoms with Crippen molar-refractivity contribution >= 4 is 21.4 Å². The predicted octanol–water partition coefficient (Wildman–Crippen LogP) is 3.33. The van der Waals surface area contributed by atoms with Crippen molar-refractivity contribution < 1.29 is 8.42 Å². The molecule has 0 aromatic carbocycles. The first kappa shape index (κ1) is 20.1. The van der Waals surface area contributed by atoms with Gasteiger partial charge in [-0.1, -0.05) is 34.6 Å². The highest BCUT2D eigenvalue weighted by atomic mass is 32.2. The highest BCUT2D eigenvalue weighted by Crippen LogP contribution is 2.27. The van der Waals surface area contributed by atoms with Gasteiger partial charge in [0.25, 0.3) is 0 Å². The number of nitrogens with zero attached hydrogens (tertiary/aromatic N) is 4. The zero-order chi connectivity index (χ0) is 19.0. The van der Waals surface area contributed by atoms with E-state index in [1.807, 2.05) is 26.2 Å². The van der Waals surface area contributed by atoms with Crippen molar-refractivity contribution in [3.05, 3.63) is 27.5 Å². The van der Waals surface area contributed by atoms with Gasteiger partial charge in [0.15, 0.2) is 0 Å². The number of sulfonamides is 1. The number of hydrogen-bond donors (Lipinski definition) is 0. The molecule has 140 valence electrons. The van der Waals surface area contributed by atoms with Crippen molar-refractivity contribution in [1.82, 2.24) is 19.1 Å². The predicted molar refractivity (Wildman–Crippen MR) is 102 cm³/mol. The Hall–Kier alpha value is -1.25. The summed E-state index contributed by atoms with van der Waals surface area (Å²) in [5.41, 5.74) is 2.12. The maximum atomic E-state index is 12.9. The standard InChI is InChI=1S/C17H28N4O2S2/c1-8-20(9-2)25(22,23)15-12(3)19-21(13(15)4)10-14-11-24-16(18-14)17(5,6)7/h11H,8-10H2,1-7H3. The molecule has 2 rings (SSSR count). The first-order chi connectivity index (χ1) is 11.5. The van der Waals surface area contributed by atoms with Gasteiger partial charge < -0.3 is 0 Å². The lowest BCUT2D eigenvalue weighted by Crippen LogP contribution is -2.31. The molecule has 0 aliphatic carbocycles. The highest BCUT2D eigenvalue weighted by Gasteiger charge is 2.29. The van der Waals surface area contributed by atoms with Gasteiger partial charge in [0.1, 0.15) is 4.90 Å². The van der Waals surface area contributed by atoms with Crippen LogP contribution in [0.25, 0.3) is 0 Å². The van der Waals surface area contributed by atoms with E-state index in [1.54, 1.807) is 22.9 Å². The molecule has 0 saturated heterocycles. The lowest BCUT2D eigenvalue weighted by Gasteiger charge is -2.18. The molecule has 0 N–H and O–H groups in total. The summed E-state index contributed by atoms with van der Waals surface area (Å²) in [4.78, 5) is 5.01. The largest absolute Gasteiger partial charge is 0.262 e. The van der Waals surface area contributed by atoms with Crippen LogP contribution in [0, 0.1) is 13.8 Å². The smallest absolute Gasteiger partial charge is 0.246 e. The van der Waals surface area contributed by atoms with Crippen LogP contribution >= 0.6 is 11.3 Å². The zero-order valence-corrected chi connectivity index (χ0v) is 17.8. The summed E-state index contributed by atoms with van der Waals surface area (Å²) < 4.78 is 29.0. The Kier molecular flexibility index (Phi) is 5.75. The molecule has 0 unspecified atom stereocenters. The summed E-state index contributed by atoms with van der Waals surface area (Å²) in [5.74, 6) is 0. The number of aromatic nitrogens is 3. The van der Waals surface area contributed by atoms with Gasteiger partial charge in [-0.3, -0.25) is 4.68 Å². The van der Waals surface area contributed by atoms with Crippen LogP contribution in [-0.4, -0.2) is 40.6 Å². The van der Waals surface area contributed by atoms with Crippen molar-refractivity contribution in [3.63, 3.8) is 0 Å². The first-order valence-corrected chi connectivity index (χ1v) is 10.8. The number of hydrogen-bond acceptors (Lipinski definition) is 5. The number of rotatable bonds is 6. The molecule has 2 heterocycles. The van der Waals surface area contributed by atoms with Crippen molar-refractivity contribution in [1.29, 1.82) is 0 Å². The van der Waals surface area contributed by atoms with Gasteiger partial charge in [0, 0.05) is 23.9 Å². The maximum Gasteiger partial charge on any atom is 0.246 e. The van der Waals surface area contributed by atoms with E-state index in [4.69, 9.17) is 0 Å². The quantitative estimate of drug-likeness (QED) is 0.766. The van der Waals surface area contributed by atoms with E-state index >= 15 is 0 Å². The molecule has 25 heavy (non-hydrogen) atoms. The van der Waals surface area contributed by atoms with Crippen LogP contribution in [-0.2, 0) is 22.0 Å². The molecule has 0 aliphatic rings. The lowest BCUT2D eigenvalue weighted by atomic mass is 9.98. The first-order valence-electron chi connectivity index (χ1n) is 8.51. The van der Waals surface area contributed by atoms with Crippen LogP contribution in [0.2, 0.25) is 0 Å². The monoisotopic (exact) mass is 384 g/mol. The van der Waals surface area contributed by atoms with Crippen LogP contribution in [0.15, 0.2) is 10.3 Å². The Morgan fingerprint density at radius 2 is 1.80 bits per heavy atom. The Labute approximate surface area is 154 Å². The van der Waals surface area contributed by atoms with Crippen LogP contribution in [0.3, 0.4) is 0 Å². The van der Waals surface area contributed by atoms with Crippen LogP contribution in [0.5, 0.6) is 0 Å². The molecule has 0 saturated carbocycles. The number of thiazole rings is 1. The molecule has 2 aromatic heterocycles. The molecule has 8 heteroatoms. The van der Waals surface area contributed by atoms with Crippen LogP contribution < -0.4 is 0 Å². The minimum absolute atomic E-state index is 0.00917. The normalized spacial score (nSPS) is 13.0. The third-order valence-electron chi connectivity index (χ3n) is 4.12. The minimum atomic E-state index is -3.52. The Morgan fingerprint density at radius 3 is 2.28 bits per heavy atom. The van der Waals surface area contributed by atoms with Gasteiger partial charge in [-0.2, -0.15) is 9.40 Å². The van der Waals surface area contributed by atoms with E-state index in [0.717, 1.165) is 10.7 Å². The van der Waals surface area contributed by atoms with E-state index in [0.29, 0.717) is 35.9 Å². The number of aryl methyl sites for hydroxylation is 1. The molecule has 0 atom stereocenters. The van der Waals surface area contributed by atoms with E-state index in [2.05, 4.69) is 30.9 Å². The van der Waals surface area contributed by atoms with Gasteiger partial charge in [-0.25, -0.2) is 13.4 Å². The summed E-state index contributed by atoms with van der Waals surface area (Å²) in [5, 5.41) is 7.56. The van der Waals surface area contributed by atoms with Crippen LogP contribution in [0.1, 0.15) is 56.7 Å². The lowest BCUT2D eigenvalue weighted by molar-refractivity contribution is 0.444. The molecule has 0 fully saturated rings. The summed E-state index contributed by atoms with van der Waals surface area (Å²) in [6.07, 6.45) is 0. The maximum absolute atomic E-state index is 12.9. The van der Waals surface area contributed by atoms with E-state index < -0.39 is 10.0 Å². The van der Waals surface area contributed by atoms with Crippen LogP contribution in [0.4, 0.5) is 0 Å². The van der Waals surface area contributed by atoms with Gasteiger partial charge in [0.2, 0.25) is 10.0 Å². The molecule has 0 radical (unpaired) electrons. The van der Waals surface area contributed by atoms with Gasteiger partial charge in [-0.05, 0) is 13.8 Å². The summed E-state index contributed by atoms with van der Waals surface area (Å²) in [6, 6.07) is 0. The van der Waals surface area contributed by atoms with E-state index in [-0.39, 0.29) is 5.41 Å². The third-order valence-corrected chi connectivity index (χ3v) is 7.74. The molecular formula is C17H28N4O2S2. The van der Waals surface area contributed by atoms with Gasteiger partial charge in [-0.15, -0.1) is 11.3 Å². The summed E-state index contributed by atoms with van der Waals surface area (Å²) in [7, 11) is -3.52. The van der Waals surface area contributed by atoms with E-state index in [9.17, 15) is 8.42 Å². The molecular weight excluding hydrogens is 356 g/mol. The second-order valence-electron chi connectivity index (χ2n) is 7.14. The molecule has 0 bridgehead atoms. The van der Waals surface area contributed by atoms with E-state index in [1.165, 1.54) is 4.31 Å². The van der Waals surface area contributed by atoms with Crippen molar-refractivity contribution in [2.75, 3.05) is 13.1 Å². The average Bonchev–Trinajstić information content (AvgIpc) is 3.05. The summed E-state index contributed by atoms with van der Waals surface area (Å²) in [6.45, 7) is 15.0. The molecule has 0 aliphatic heterocycles. The summed E-state index contributed by atoms with van der Waals surface area (Å²) >= 11 is 1.63. The van der Waals surface area contributed by atoms with Crippen molar-refractivity contribution in [2.24, 2.45) is 0 Å². The topological polar surface area (TPSA) is 68.1 Å².